The van der Waals surface area contributed by atoms with Gasteiger partial charge in [0.25, 0.3) is 0 Å². The Kier molecular flexibility index (Phi) is 3.03. The zero-order valence-electron chi connectivity index (χ0n) is 10.2. The van der Waals surface area contributed by atoms with E-state index in [1.165, 1.54) is 0 Å². The summed E-state index contributed by atoms with van der Waals surface area (Å²) >= 11 is 9.85. The molecule has 0 fully saturated rings. The molecule has 0 aliphatic carbocycles. The molecular weight excluding hydrogens is 326 g/mol. The Bertz CT molecular complexity index is 779. The Morgan fingerprint density at radius 1 is 1.16 bits per heavy atom. The van der Waals surface area contributed by atoms with Crippen molar-refractivity contribution in [2.75, 3.05) is 0 Å². The third kappa shape index (κ3) is 2.13. The van der Waals surface area contributed by atoms with Crippen LogP contribution in [0.2, 0.25) is 5.02 Å². The van der Waals surface area contributed by atoms with Crippen molar-refractivity contribution in [1.82, 2.24) is 4.98 Å². The molecule has 0 radical (unpaired) electrons. The number of phenols is 1. The van der Waals surface area contributed by atoms with Crippen LogP contribution in [0.25, 0.3) is 22.2 Å². The Hall–Kier alpha value is -1.45. The Morgan fingerprint density at radius 2 is 1.95 bits per heavy atom. The molecule has 2 aromatic carbocycles. The van der Waals surface area contributed by atoms with Gasteiger partial charge in [-0.2, -0.15) is 0 Å². The Balaban J connectivity index is 2.28. The summed E-state index contributed by atoms with van der Waals surface area (Å²) < 4.78 is 0.973. The fraction of sp³-hybridized carbons (Fsp3) is 0.0667. The lowest BCUT2D eigenvalue weighted by atomic mass is 10.1. The number of hydrogen-bond donors (Lipinski definition) is 2. The summed E-state index contributed by atoms with van der Waals surface area (Å²) in [5.41, 5.74) is 3.41. The smallest absolute Gasteiger partial charge is 0.125 e. The third-order valence-electron chi connectivity index (χ3n) is 3.12. The van der Waals surface area contributed by atoms with Crippen LogP contribution in [0.3, 0.4) is 0 Å². The molecule has 0 amide bonds. The molecule has 3 aromatic rings. The van der Waals surface area contributed by atoms with Crippen molar-refractivity contribution in [2.45, 2.75) is 6.92 Å². The number of benzene rings is 2. The Morgan fingerprint density at radius 3 is 2.68 bits per heavy atom. The number of aromatic nitrogens is 1. The number of aromatic amines is 1. The lowest BCUT2D eigenvalue weighted by molar-refractivity contribution is 0.477. The van der Waals surface area contributed by atoms with Gasteiger partial charge in [0.2, 0.25) is 0 Å². The fourth-order valence-corrected chi connectivity index (χ4v) is 2.84. The lowest BCUT2D eigenvalue weighted by Gasteiger charge is -2.04. The van der Waals surface area contributed by atoms with Gasteiger partial charge in [0.15, 0.2) is 0 Å². The van der Waals surface area contributed by atoms with Crippen molar-refractivity contribution in [3.8, 4) is 17.0 Å². The van der Waals surface area contributed by atoms with Crippen LogP contribution in [0.5, 0.6) is 5.75 Å². The summed E-state index contributed by atoms with van der Waals surface area (Å²) in [4.78, 5) is 3.25. The molecule has 19 heavy (non-hydrogen) atoms. The molecule has 0 aliphatic rings. The van der Waals surface area contributed by atoms with Crippen LogP contribution in [-0.2, 0) is 0 Å². The van der Waals surface area contributed by atoms with Gasteiger partial charge in [-0.05, 0) is 42.8 Å². The van der Waals surface area contributed by atoms with Crippen LogP contribution in [0.4, 0.5) is 0 Å². The summed E-state index contributed by atoms with van der Waals surface area (Å²) in [7, 11) is 0. The van der Waals surface area contributed by atoms with Gasteiger partial charge in [-0.1, -0.05) is 33.6 Å². The lowest BCUT2D eigenvalue weighted by Crippen LogP contribution is -1.81. The molecular formula is C15H11BrClNO. The minimum absolute atomic E-state index is 0.229. The van der Waals surface area contributed by atoms with Gasteiger partial charge in [0.1, 0.15) is 5.75 Å². The van der Waals surface area contributed by atoms with E-state index in [9.17, 15) is 5.11 Å². The second-order valence-electron chi connectivity index (χ2n) is 4.52. The molecule has 1 heterocycles. The van der Waals surface area contributed by atoms with E-state index in [2.05, 4.69) is 20.9 Å². The number of phenolic OH excluding ortho intramolecular Hbond substituents is 1. The minimum atomic E-state index is 0.229. The number of hydrogen-bond acceptors (Lipinski definition) is 1. The maximum Gasteiger partial charge on any atom is 0.125 e. The van der Waals surface area contributed by atoms with E-state index in [1.54, 1.807) is 6.07 Å². The average molecular weight is 337 g/mol. The fourth-order valence-electron chi connectivity index (χ4n) is 2.17. The van der Waals surface area contributed by atoms with Crippen molar-refractivity contribution in [2.24, 2.45) is 0 Å². The van der Waals surface area contributed by atoms with Gasteiger partial charge >= 0.3 is 0 Å². The van der Waals surface area contributed by atoms with Crippen LogP contribution in [0.15, 0.2) is 40.9 Å². The first-order valence-corrected chi connectivity index (χ1v) is 7.00. The molecule has 2 nitrogen and oxygen atoms in total. The predicted octanol–water partition coefficient (Wildman–Crippen LogP) is 5.26. The van der Waals surface area contributed by atoms with E-state index in [4.69, 9.17) is 11.6 Å². The van der Waals surface area contributed by atoms with Gasteiger partial charge < -0.3 is 10.1 Å². The number of nitrogens with one attached hydrogen (secondary N) is 1. The number of H-pyrrole nitrogens is 1. The monoisotopic (exact) mass is 335 g/mol. The number of fused-ring (bicyclic) bond motifs is 1. The molecule has 2 N–H and O–H groups in total. The molecule has 4 heteroatoms. The summed E-state index contributed by atoms with van der Waals surface area (Å²) in [6, 6.07) is 11.4. The molecule has 0 spiro atoms. The molecule has 96 valence electrons. The van der Waals surface area contributed by atoms with Crippen molar-refractivity contribution in [1.29, 1.82) is 0 Å². The molecule has 0 bridgehead atoms. The number of aromatic hydroxyl groups is 1. The van der Waals surface area contributed by atoms with E-state index in [0.717, 1.165) is 26.6 Å². The van der Waals surface area contributed by atoms with E-state index < -0.39 is 0 Å². The van der Waals surface area contributed by atoms with Gasteiger partial charge in [-0.25, -0.2) is 0 Å². The normalized spacial score (nSPS) is 11.1. The highest BCUT2D eigenvalue weighted by atomic mass is 79.9. The summed E-state index contributed by atoms with van der Waals surface area (Å²) in [6.07, 6.45) is 0. The van der Waals surface area contributed by atoms with E-state index in [1.807, 2.05) is 37.3 Å². The average Bonchev–Trinajstić information content (AvgIpc) is 2.67. The van der Waals surface area contributed by atoms with Gasteiger partial charge in [0.05, 0.1) is 10.7 Å². The predicted molar refractivity (Wildman–Crippen MR) is 82.8 cm³/mol. The zero-order valence-corrected chi connectivity index (χ0v) is 12.5. The SMILES string of the molecule is Cc1ccc(-c2[nH]c3ccc(Br)cc3c2Cl)c(O)c1. The first-order valence-electron chi connectivity index (χ1n) is 5.83. The van der Waals surface area contributed by atoms with E-state index >= 15 is 0 Å². The van der Waals surface area contributed by atoms with E-state index in [0.29, 0.717) is 10.6 Å². The zero-order chi connectivity index (χ0) is 13.6. The summed E-state index contributed by atoms with van der Waals surface area (Å²) in [5.74, 6) is 0.229. The van der Waals surface area contributed by atoms with Gasteiger partial charge in [-0.3, -0.25) is 0 Å². The van der Waals surface area contributed by atoms with E-state index in [-0.39, 0.29) is 5.75 Å². The second kappa shape index (κ2) is 4.58. The summed E-state index contributed by atoms with van der Waals surface area (Å²) in [6.45, 7) is 1.94. The third-order valence-corrected chi connectivity index (χ3v) is 4.01. The highest BCUT2D eigenvalue weighted by Crippen LogP contribution is 2.39. The quantitative estimate of drug-likeness (QED) is 0.624. The topological polar surface area (TPSA) is 36.0 Å². The van der Waals surface area contributed by atoms with Crippen LogP contribution in [0, 0.1) is 6.92 Å². The summed E-state index contributed by atoms with van der Waals surface area (Å²) in [5, 5.41) is 11.6. The molecule has 0 saturated heterocycles. The molecule has 0 atom stereocenters. The second-order valence-corrected chi connectivity index (χ2v) is 5.82. The van der Waals surface area contributed by atoms with Crippen molar-refractivity contribution >= 4 is 38.4 Å². The van der Waals surface area contributed by atoms with Crippen molar-refractivity contribution in [3.05, 3.63) is 51.5 Å². The molecule has 1 aromatic heterocycles. The van der Waals surface area contributed by atoms with Crippen LogP contribution in [-0.4, -0.2) is 10.1 Å². The van der Waals surface area contributed by atoms with Crippen LogP contribution in [0.1, 0.15) is 5.56 Å². The molecule has 0 aliphatic heterocycles. The molecule has 0 saturated carbocycles. The van der Waals surface area contributed by atoms with Crippen LogP contribution >= 0.6 is 27.5 Å². The number of aryl methyl sites for hydroxylation is 1. The maximum atomic E-state index is 10.1. The number of rotatable bonds is 1. The minimum Gasteiger partial charge on any atom is -0.507 e. The first kappa shape index (κ1) is 12.6. The van der Waals surface area contributed by atoms with Gasteiger partial charge in [0, 0.05) is 20.9 Å². The van der Waals surface area contributed by atoms with Crippen molar-refractivity contribution < 1.29 is 5.11 Å². The van der Waals surface area contributed by atoms with Crippen LogP contribution < -0.4 is 0 Å². The highest BCUT2D eigenvalue weighted by molar-refractivity contribution is 9.10. The maximum absolute atomic E-state index is 10.1. The molecule has 0 unspecified atom stereocenters. The standard InChI is InChI=1S/C15H11BrClNO/c1-8-2-4-10(13(19)6-8)15-14(17)11-7-9(16)3-5-12(11)18-15/h2-7,18-19H,1H3. The van der Waals surface area contributed by atoms with Crippen molar-refractivity contribution in [3.63, 3.8) is 0 Å². The van der Waals surface area contributed by atoms with Gasteiger partial charge in [-0.15, -0.1) is 0 Å². The molecule has 3 rings (SSSR count). The largest absolute Gasteiger partial charge is 0.507 e. The first-order chi connectivity index (χ1) is 9.06. The Labute approximate surface area is 124 Å². The highest BCUT2D eigenvalue weighted by Gasteiger charge is 2.14. The number of halogens is 2.